The molecule has 0 aliphatic carbocycles. The standard InChI is InChI=1S/C15H21N3O3S/c1-15(2,3)21-14(20)18-11(7-12(16)19)9-22-13(18)10-5-4-6-17-8-10/h4-6,8,11,13H,7,9H2,1-3H3,(H2,16,19). The third-order valence-corrected chi connectivity index (χ3v) is 4.50. The van der Waals surface area contributed by atoms with Crippen molar-refractivity contribution in [3.05, 3.63) is 30.1 Å². The molecule has 120 valence electrons. The predicted octanol–water partition coefficient (Wildman–Crippen LogP) is 2.31. The number of primary amides is 1. The monoisotopic (exact) mass is 323 g/mol. The number of pyridine rings is 1. The first-order chi connectivity index (χ1) is 10.3. The van der Waals surface area contributed by atoms with E-state index in [0.29, 0.717) is 5.75 Å². The molecule has 1 aromatic heterocycles. The van der Waals surface area contributed by atoms with E-state index in [1.165, 1.54) is 0 Å². The van der Waals surface area contributed by atoms with E-state index in [1.807, 2.05) is 32.9 Å². The van der Waals surface area contributed by atoms with Crippen molar-refractivity contribution in [1.82, 2.24) is 9.88 Å². The van der Waals surface area contributed by atoms with Gasteiger partial charge in [-0.15, -0.1) is 11.8 Å². The van der Waals surface area contributed by atoms with Crippen molar-refractivity contribution in [3.8, 4) is 0 Å². The second-order valence-electron chi connectivity index (χ2n) is 6.18. The first-order valence-corrected chi connectivity index (χ1v) is 8.14. The van der Waals surface area contributed by atoms with Crippen molar-refractivity contribution in [2.75, 3.05) is 5.75 Å². The van der Waals surface area contributed by atoms with Crippen LogP contribution in [0.25, 0.3) is 0 Å². The van der Waals surface area contributed by atoms with Crippen LogP contribution in [0.2, 0.25) is 0 Å². The molecule has 0 radical (unpaired) electrons. The minimum absolute atomic E-state index is 0.128. The molecule has 0 saturated carbocycles. The molecule has 2 rings (SSSR count). The summed E-state index contributed by atoms with van der Waals surface area (Å²) in [5.74, 6) is 0.216. The van der Waals surface area contributed by atoms with Gasteiger partial charge in [0.1, 0.15) is 11.0 Å². The molecule has 7 heteroatoms. The first kappa shape index (κ1) is 16.6. The molecule has 1 fully saturated rings. The van der Waals surface area contributed by atoms with Crippen molar-refractivity contribution in [1.29, 1.82) is 0 Å². The molecule has 2 amide bonds. The summed E-state index contributed by atoms with van der Waals surface area (Å²) in [5, 5.41) is -0.215. The topological polar surface area (TPSA) is 85.5 Å². The lowest BCUT2D eigenvalue weighted by Gasteiger charge is -2.31. The van der Waals surface area contributed by atoms with Gasteiger partial charge in [0.05, 0.1) is 6.04 Å². The number of hydrogen-bond acceptors (Lipinski definition) is 5. The summed E-state index contributed by atoms with van der Waals surface area (Å²) in [4.78, 5) is 29.5. The summed E-state index contributed by atoms with van der Waals surface area (Å²) in [6.45, 7) is 5.45. The van der Waals surface area contributed by atoms with Crippen LogP contribution in [-0.2, 0) is 9.53 Å². The number of carbonyl (C=O) groups is 2. The number of hydrogen-bond donors (Lipinski definition) is 1. The maximum atomic E-state index is 12.6. The second kappa shape index (κ2) is 6.56. The molecule has 2 heterocycles. The third-order valence-electron chi connectivity index (χ3n) is 3.10. The van der Waals surface area contributed by atoms with Gasteiger partial charge in [0.25, 0.3) is 0 Å². The number of aromatic nitrogens is 1. The molecule has 1 saturated heterocycles. The third kappa shape index (κ3) is 4.13. The molecule has 1 aliphatic heterocycles. The Morgan fingerprint density at radius 1 is 1.50 bits per heavy atom. The van der Waals surface area contributed by atoms with Gasteiger partial charge in [0, 0.05) is 30.1 Å². The molecule has 1 aliphatic rings. The van der Waals surface area contributed by atoms with Gasteiger partial charge in [-0.05, 0) is 26.8 Å². The predicted molar refractivity (Wildman–Crippen MR) is 85.1 cm³/mol. The van der Waals surface area contributed by atoms with Gasteiger partial charge in [-0.25, -0.2) is 4.79 Å². The molecule has 22 heavy (non-hydrogen) atoms. The van der Waals surface area contributed by atoms with Crippen LogP contribution in [-0.4, -0.2) is 39.3 Å². The van der Waals surface area contributed by atoms with E-state index in [-0.39, 0.29) is 17.8 Å². The molecule has 0 aromatic carbocycles. The van der Waals surface area contributed by atoms with Gasteiger partial charge in [-0.2, -0.15) is 0 Å². The molecular weight excluding hydrogens is 302 g/mol. The Hall–Kier alpha value is -1.76. The van der Waals surface area contributed by atoms with Crippen molar-refractivity contribution in [3.63, 3.8) is 0 Å². The molecule has 2 atom stereocenters. The molecule has 0 bridgehead atoms. The fourth-order valence-corrected chi connectivity index (χ4v) is 3.72. The smallest absolute Gasteiger partial charge is 0.411 e. The van der Waals surface area contributed by atoms with Crippen molar-refractivity contribution in [2.45, 2.75) is 44.2 Å². The maximum Gasteiger partial charge on any atom is 0.411 e. The average molecular weight is 323 g/mol. The van der Waals surface area contributed by atoms with Crippen LogP contribution < -0.4 is 5.73 Å². The van der Waals surface area contributed by atoms with Gasteiger partial charge < -0.3 is 10.5 Å². The Bertz CT molecular complexity index is 545. The summed E-state index contributed by atoms with van der Waals surface area (Å²) in [5.41, 5.74) is 5.62. The van der Waals surface area contributed by atoms with Gasteiger partial charge in [-0.1, -0.05) is 6.07 Å². The maximum absolute atomic E-state index is 12.6. The van der Waals surface area contributed by atoms with Crippen molar-refractivity contribution < 1.29 is 14.3 Å². The Morgan fingerprint density at radius 3 is 2.77 bits per heavy atom. The van der Waals surface area contributed by atoms with E-state index in [9.17, 15) is 9.59 Å². The van der Waals surface area contributed by atoms with Crippen molar-refractivity contribution >= 4 is 23.8 Å². The Morgan fingerprint density at radius 2 is 2.23 bits per heavy atom. The lowest BCUT2D eigenvalue weighted by molar-refractivity contribution is -0.118. The minimum Gasteiger partial charge on any atom is -0.444 e. The quantitative estimate of drug-likeness (QED) is 0.922. The summed E-state index contributed by atoms with van der Waals surface area (Å²) in [6.07, 6.45) is 3.10. The van der Waals surface area contributed by atoms with Crippen molar-refractivity contribution in [2.24, 2.45) is 5.73 Å². The largest absolute Gasteiger partial charge is 0.444 e. The normalized spacial score (nSPS) is 21.7. The molecular formula is C15H21N3O3S. The van der Waals surface area contributed by atoms with Crippen LogP contribution in [0.4, 0.5) is 4.79 Å². The molecule has 2 unspecified atom stereocenters. The fourth-order valence-electron chi connectivity index (χ4n) is 2.28. The number of carbonyl (C=O) groups excluding carboxylic acids is 2. The highest BCUT2D eigenvalue weighted by molar-refractivity contribution is 7.99. The summed E-state index contributed by atoms with van der Waals surface area (Å²) >= 11 is 1.59. The Kier molecular flexibility index (Phi) is 4.95. The van der Waals surface area contributed by atoms with E-state index >= 15 is 0 Å². The van der Waals surface area contributed by atoms with Crippen LogP contribution in [0.1, 0.15) is 38.1 Å². The zero-order valence-electron chi connectivity index (χ0n) is 13.0. The van der Waals surface area contributed by atoms with E-state index in [1.54, 1.807) is 29.1 Å². The van der Waals surface area contributed by atoms with Gasteiger partial charge in [-0.3, -0.25) is 14.7 Å². The Labute approximate surface area is 134 Å². The zero-order chi connectivity index (χ0) is 16.3. The van der Waals surface area contributed by atoms with Gasteiger partial charge in [0.2, 0.25) is 5.91 Å². The number of rotatable bonds is 3. The van der Waals surface area contributed by atoms with Crippen LogP contribution in [0.3, 0.4) is 0 Å². The lowest BCUT2D eigenvalue weighted by Crippen LogP contribution is -2.43. The highest BCUT2D eigenvalue weighted by Crippen LogP contribution is 2.42. The number of nitrogens with zero attached hydrogens (tertiary/aromatic N) is 2. The molecule has 2 N–H and O–H groups in total. The van der Waals surface area contributed by atoms with Gasteiger partial charge >= 0.3 is 6.09 Å². The van der Waals surface area contributed by atoms with Crippen LogP contribution in [0, 0.1) is 0 Å². The summed E-state index contributed by atoms with van der Waals surface area (Å²) in [6, 6.07) is 3.47. The van der Waals surface area contributed by atoms with E-state index in [0.717, 1.165) is 5.56 Å². The van der Waals surface area contributed by atoms with E-state index < -0.39 is 17.6 Å². The fraction of sp³-hybridized carbons (Fsp3) is 0.533. The van der Waals surface area contributed by atoms with Crippen LogP contribution in [0.5, 0.6) is 0 Å². The summed E-state index contributed by atoms with van der Waals surface area (Å²) < 4.78 is 5.49. The van der Waals surface area contributed by atoms with E-state index in [2.05, 4.69) is 4.98 Å². The summed E-state index contributed by atoms with van der Waals surface area (Å²) in [7, 11) is 0. The number of thioether (sulfide) groups is 1. The lowest BCUT2D eigenvalue weighted by atomic mass is 10.1. The highest BCUT2D eigenvalue weighted by atomic mass is 32.2. The Balaban J connectivity index is 2.25. The van der Waals surface area contributed by atoms with Gasteiger partial charge in [0.15, 0.2) is 0 Å². The highest BCUT2D eigenvalue weighted by Gasteiger charge is 2.41. The molecule has 6 nitrogen and oxygen atoms in total. The number of ether oxygens (including phenoxy) is 1. The minimum atomic E-state index is -0.596. The number of nitrogens with two attached hydrogens (primary N) is 1. The molecule has 1 aromatic rings. The van der Waals surface area contributed by atoms with Crippen LogP contribution in [0.15, 0.2) is 24.5 Å². The second-order valence-corrected chi connectivity index (χ2v) is 7.30. The zero-order valence-corrected chi connectivity index (χ0v) is 13.8. The number of amides is 2. The SMILES string of the molecule is CC(C)(C)OC(=O)N1C(CC(N)=O)CSC1c1cccnc1. The van der Waals surface area contributed by atoms with Crippen LogP contribution >= 0.6 is 11.8 Å². The average Bonchev–Trinajstić information content (AvgIpc) is 2.80. The first-order valence-electron chi connectivity index (χ1n) is 7.09. The molecule has 0 spiro atoms. The van der Waals surface area contributed by atoms with E-state index in [4.69, 9.17) is 10.5 Å².